The Labute approximate surface area is 115 Å². The molecule has 0 radical (unpaired) electrons. The number of esters is 1. The first-order valence-electron chi connectivity index (χ1n) is 4.79. The fourth-order valence-electron chi connectivity index (χ4n) is 1.19. The van der Waals surface area contributed by atoms with Gasteiger partial charge < -0.3 is 4.74 Å². The minimum absolute atomic E-state index is 0.322. The highest BCUT2D eigenvalue weighted by molar-refractivity contribution is 8.14. The van der Waals surface area contributed by atoms with E-state index in [1.54, 1.807) is 0 Å². The Morgan fingerprint density at radius 2 is 1.95 bits per heavy atom. The number of rotatable bonds is 3. The largest absolute Gasteiger partial charge is 0.459 e. The van der Waals surface area contributed by atoms with Crippen LogP contribution >= 0.6 is 22.0 Å². The van der Waals surface area contributed by atoms with Crippen LogP contribution in [-0.4, -0.2) is 20.5 Å². The molecule has 0 amide bonds. The third-order valence-corrected chi connectivity index (χ3v) is 4.29. The molecule has 19 heavy (non-hydrogen) atoms. The van der Waals surface area contributed by atoms with Crippen molar-refractivity contribution in [1.82, 2.24) is 0 Å². The lowest BCUT2D eigenvalue weighted by atomic mass is 10.3. The van der Waals surface area contributed by atoms with Gasteiger partial charge in [-0.1, -0.05) is 0 Å². The minimum Gasteiger partial charge on any atom is -0.459 e. The summed E-state index contributed by atoms with van der Waals surface area (Å²) < 4.78 is 65.1. The predicted octanol–water partition coefficient (Wildman–Crippen LogP) is 3.26. The molecule has 0 aliphatic rings. The van der Waals surface area contributed by atoms with Crippen molar-refractivity contribution in [3.05, 3.63) is 15.8 Å². The molecule has 0 unspecified atom stereocenters. The van der Waals surface area contributed by atoms with E-state index < -0.39 is 42.6 Å². The van der Waals surface area contributed by atoms with Gasteiger partial charge in [-0.25, -0.2) is 13.2 Å². The van der Waals surface area contributed by atoms with Gasteiger partial charge in [0.2, 0.25) is 0 Å². The third kappa shape index (κ3) is 3.83. The molecule has 0 saturated carbocycles. The Hall–Kier alpha value is -0.800. The summed E-state index contributed by atoms with van der Waals surface area (Å²) in [7, 11) is 0.245. The molecule has 0 bridgehead atoms. The third-order valence-electron chi connectivity index (χ3n) is 1.82. The standard InChI is InChI=1S/C9H8ClF3O4S2/c1-4(2)17-8(14)6-7(19(10,15)16)5(3-18-6)9(11,12)13/h3-4H,1-2H3. The summed E-state index contributed by atoms with van der Waals surface area (Å²) in [6.45, 7) is 2.95. The Kier molecular flexibility index (Phi) is 4.53. The molecular weight excluding hydrogens is 329 g/mol. The number of halogens is 4. The molecule has 0 spiro atoms. The number of carbonyl (C=O) groups is 1. The average molecular weight is 337 g/mol. The summed E-state index contributed by atoms with van der Waals surface area (Å²) in [5.74, 6) is -1.16. The topological polar surface area (TPSA) is 60.4 Å². The lowest BCUT2D eigenvalue weighted by Gasteiger charge is -2.09. The van der Waals surface area contributed by atoms with E-state index in [0.717, 1.165) is 0 Å². The quantitative estimate of drug-likeness (QED) is 0.628. The van der Waals surface area contributed by atoms with Crippen molar-refractivity contribution in [2.75, 3.05) is 0 Å². The molecule has 108 valence electrons. The first kappa shape index (κ1) is 16.3. The number of alkyl halides is 3. The van der Waals surface area contributed by atoms with Gasteiger partial charge in [-0.15, -0.1) is 11.3 Å². The zero-order chi connectivity index (χ0) is 15.0. The Morgan fingerprint density at radius 1 is 1.42 bits per heavy atom. The average Bonchev–Trinajstić information content (AvgIpc) is 2.58. The summed E-state index contributed by atoms with van der Waals surface area (Å²) in [6, 6.07) is 0. The maximum Gasteiger partial charge on any atom is 0.418 e. The Morgan fingerprint density at radius 3 is 2.32 bits per heavy atom. The molecule has 0 N–H and O–H groups in total. The highest BCUT2D eigenvalue weighted by Crippen LogP contribution is 2.40. The molecule has 1 rings (SSSR count). The van der Waals surface area contributed by atoms with E-state index in [1.165, 1.54) is 13.8 Å². The van der Waals surface area contributed by atoms with Crippen LogP contribution in [-0.2, 0) is 20.0 Å². The lowest BCUT2D eigenvalue weighted by Crippen LogP contribution is -2.15. The van der Waals surface area contributed by atoms with Crippen LogP contribution in [0, 0.1) is 0 Å². The van der Waals surface area contributed by atoms with Crippen molar-refractivity contribution in [3.8, 4) is 0 Å². The molecule has 1 aromatic rings. The highest BCUT2D eigenvalue weighted by Gasteiger charge is 2.41. The number of hydrogen-bond donors (Lipinski definition) is 0. The molecule has 0 aliphatic heterocycles. The normalized spacial score (nSPS) is 12.8. The van der Waals surface area contributed by atoms with Crippen molar-refractivity contribution < 1.29 is 31.1 Å². The van der Waals surface area contributed by atoms with E-state index in [0.29, 0.717) is 16.7 Å². The van der Waals surface area contributed by atoms with E-state index in [2.05, 4.69) is 4.74 Å². The van der Waals surface area contributed by atoms with Gasteiger partial charge in [0, 0.05) is 16.1 Å². The fraction of sp³-hybridized carbons (Fsp3) is 0.444. The molecular formula is C9H8ClF3O4S2. The number of ether oxygens (including phenoxy) is 1. The second-order valence-electron chi connectivity index (χ2n) is 3.70. The molecule has 4 nitrogen and oxygen atoms in total. The number of hydrogen-bond acceptors (Lipinski definition) is 5. The van der Waals surface area contributed by atoms with Gasteiger partial charge in [0.05, 0.1) is 11.7 Å². The van der Waals surface area contributed by atoms with Crippen LogP contribution in [0.15, 0.2) is 10.3 Å². The lowest BCUT2D eigenvalue weighted by molar-refractivity contribution is -0.139. The molecule has 0 saturated heterocycles. The van der Waals surface area contributed by atoms with Gasteiger partial charge in [-0.05, 0) is 13.8 Å². The monoisotopic (exact) mass is 336 g/mol. The van der Waals surface area contributed by atoms with Gasteiger partial charge in [0.1, 0.15) is 9.77 Å². The maximum atomic E-state index is 12.6. The Bertz CT molecular complexity index is 589. The van der Waals surface area contributed by atoms with Crippen LogP contribution in [0.4, 0.5) is 13.2 Å². The molecule has 0 atom stereocenters. The Balaban J connectivity index is 3.44. The summed E-state index contributed by atoms with van der Waals surface area (Å²) in [5, 5.41) is 0.520. The zero-order valence-electron chi connectivity index (χ0n) is 9.62. The second-order valence-corrected chi connectivity index (χ2v) is 7.08. The van der Waals surface area contributed by atoms with E-state index >= 15 is 0 Å². The first-order chi connectivity index (χ1) is 8.44. The highest BCUT2D eigenvalue weighted by atomic mass is 35.7. The van der Waals surface area contributed by atoms with Crippen LogP contribution in [0.2, 0.25) is 0 Å². The molecule has 1 heterocycles. The van der Waals surface area contributed by atoms with Crippen molar-refractivity contribution in [3.63, 3.8) is 0 Å². The SMILES string of the molecule is CC(C)OC(=O)c1scc(C(F)(F)F)c1S(=O)(=O)Cl. The van der Waals surface area contributed by atoms with Gasteiger partial charge >= 0.3 is 12.1 Å². The molecule has 0 aromatic carbocycles. The molecule has 0 aliphatic carbocycles. The molecule has 0 fully saturated rings. The van der Waals surface area contributed by atoms with Gasteiger partial charge in [0.25, 0.3) is 9.05 Å². The van der Waals surface area contributed by atoms with Gasteiger partial charge in [-0.2, -0.15) is 13.2 Å². The van der Waals surface area contributed by atoms with Crippen molar-refractivity contribution in [2.45, 2.75) is 31.0 Å². The van der Waals surface area contributed by atoms with Crippen molar-refractivity contribution >= 4 is 37.0 Å². The maximum absolute atomic E-state index is 12.6. The van der Waals surface area contributed by atoms with Crippen molar-refractivity contribution in [2.24, 2.45) is 0 Å². The van der Waals surface area contributed by atoms with Crippen molar-refractivity contribution in [1.29, 1.82) is 0 Å². The fourth-order valence-corrected chi connectivity index (χ4v) is 3.95. The summed E-state index contributed by atoms with van der Waals surface area (Å²) in [5.41, 5.74) is -1.47. The first-order valence-corrected chi connectivity index (χ1v) is 7.97. The molecule has 1 aromatic heterocycles. The predicted molar refractivity (Wildman–Crippen MR) is 62.9 cm³/mol. The number of thiophene rings is 1. The van der Waals surface area contributed by atoms with Crippen LogP contribution in [0.5, 0.6) is 0 Å². The second kappa shape index (κ2) is 5.29. The van der Waals surface area contributed by atoms with Crippen LogP contribution in [0.25, 0.3) is 0 Å². The summed E-state index contributed by atoms with van der Waals surface area (Å²) in [6.07, 6.45) is -5.53. The van der Waals surface area contributed by atoms with Crippen LogP contribution in [0.1, 0.15) is 29.1 Å². The van der Waals surface area contributed by atoms with E-state index in [-0.39, 0.29) is 0 Å². The van der Waals surface area contributed by atoms with Gasteiger partial charge in [0.15, 0.2) is 0 Å². The van der Waals surface area contributed by atoms with E-state index in [9.17, 15) is 26.4 Å². The van der Waals surface area contributed by atoms with Crippen LogP contribution in [0.3, 0.4) is 0 Å². The van der Waals surface area contributed by atoms with Gasteiger partial charge in [-0.3, -0.25) is 0 Å². The molecule has 10 heteroatoms. The minimum atomic E-state index is -4.93. The number of carbonyl (C=O) groups excluding carboxylic acids is 1. The summed E-state index contributed by atoms with van der Waals surface area (Å²) >= 11 is 0.322. The zero-order valence-corrected chi connectivity index (χ0v) is 12.0. The van der Waals surface area contributed by atoms with E-state index in [1.807, 2.05) is 0 Å². The van der Waals surface area contributed by atoms with E-state index in [4.69, 9.17) is 10.7 Å². The van der Waals surface area contributed by atoms with Crippen LogP contribution < -0.4 is 0 Å². The summed E-state index contributed by atoms with van der Waals surface area (Å²) in [4.78, 5) is 9.62. The smallest absolute Gasteiger partial charge is 0.418 e.